The molecular formula is C33H58N10O3. The summed E-state index contributed by atoms with van der Waals surface area (Å²) >= 11 is 0. The summed E-state index contributed by atoms with van der Waals surface area (Å²) in [6, 6.07) is 0. The molecule has 0 unspecified atom stereocenters. The Morgan fingerprint density at radius 1 is 0.783 bits per heavy atom. The molecule has 13 heteroatoms. The molecule has 0 aromatic carbocycles. The Hall–Kier alpha value is -2.23. The molecule has 0 bridgehead atoms. The minimum Gasteiger partial charge on any atom is -0.378 e. The molecule has 0 saturated heterocycles. The summed E-state index contributed by atoms with van der Waals surface area (Å²) in [5.41, 5.74) is 32.4. The predicted molar refractivity (Wildman–Crippen MR) is 179 cm³/mol. The zero-order valence-electron chi connectivity index (χ0n) is 28.5. The normalized spacial score (nSPS) is 37.0. The molecule has 258 valence electrons. The first-order chi connectivity index (χ1) is 22.3. The summed E-state index contributed by atoms with van der Waals surface area (Å²) in [5.74, 6) is 3.08. The van der Waals surface area contributed by atoms with E-state index >= 15 is 0 Å². The summed E-state index contributed by atoms with van der Waals surface area (Å²) in [4.78, 5) is 8.73. The minimum absolute atomic E-state index is 0.0375. The van der Waals surface area contributed by atoms with Crippen molar-refractivity contribution in [2.24, 2.45) is 67.4 Å². The lowest BCUT2D eigenvalue weighted by molar-refractivity contribution is -0.227. The van der Waals surface area contributed by atoms with Gasteiger partial charge in [0.05, 0.1) is 18.3 Å². The first-order valence-electron chi connectivity index (χ1n) is 17.9. The molecule has 4 rings (SSSR count). The number of hydrogen-bond acceptors (Lipinski definition) is 7. The number of rotatable bonds is 19. The van der Waals surface area contributed by atoms with E-state index < -0.39 is 0 Å². The van der Waals surface area contributed by atoms with Gasteiger partial charge in [-0.1, -0.05) is 36.1 Å². The van der Waals surface area contributed by atoms with E-state index in [9.17, 15) is 0 Å². The van der Waals surface area contributed by atoms with Gasteiger partial charge in [0.15, 0.2) is 0 Å². The summed E-state index contributed by atoms with van der Waals surface area (Å²) in [6.07, 6.45) is 12.6. The fraction of sp³-hybridized carbons (Fsp3) is 1.00. The van der Waals surface area contributed by atoms with E-state index in [0.29, 0.717) is 75.0 Å². The van der Waals surface area contributed by atoms with Crippen LogP contribution >= 0.6 is 0 Å². The third-order valence-electron chi connectivity index (χ3n) is 12.7. The van der Waals surface area contributed by atoms with Crippen molar-refractivity contribution in [2.75, 3.05) is 46.0 Å². The first kappa shape index (κ1) is 36.6. The summed E-state index contributed by atoms with van der Waals surface area (Å²) in [7, 11) is 0. The topological polar surface area (TPSA) is 200 Å². The van der Waals surface area contributed by atoms with Crippen LogP contribution in [0.25, 0.3) is 31.3 Å². The lowest BCUT2D eigenvalue weighted by atomic mass is 9.43. The highest BCUT2D eigenvalue weighted by Crippen LogP contribution is 2.69. The average molecular weight is 643 g/mol. The molecule has 4 fully saturated rings. The van der Waals surface area contributed by atoms with Crippen molar-refractivity contribution in [3.63, 3.8) is 0 Å². The molecule has 4 saturated carbocycles. The SMILES string of the molecule is C[C@H](CCCN)[C@H]1CC[C@H]2[C@@H]3[C@H](OCCCN=[N+]=[N-])C[C@@H]4C[C@H](OCCCN=[N+]=[N-])CC[C@]4(C)[C@H]3C[C@H](OCCCN=[N+]=[N-])[C@]12C. The van der Waals surface area contributed by atoms with Crippen molar-refractivity contribution in [2.45, 2.75) is 116 Å². The highest BCUT2D eigenvalue weighted by atomic mass is 16.5. The molecule has 0 amide bonds. The molecule has 0 spiro atoms. The summed E-state index contributed by atoms with van der Waals surface area (Å²) in [6.45, 7) is 11.4. The molecule has 46 heavy (non-hydrogen) atoms. The van der Waals surface area contributed by atoms with E-state index in [2.05, 4.69) is 50.8 Å². The Bertz CT molecular complexity index is 1110. The van der Waals surface area contributed by atoms with Gasteiger partial charge in [0, 0.05) is 59.6 Å². The fourth-order valence-electron chi connectivity index (χ4n) is 10.5. The number of nitrogens with two attached hydrogens (primary N) is 1. The molecule has 4 aliphatic rings. The Labute approximate surface area is 274 Å². The molecule has 4 aliphatic carbocycles. The molecule has 0 aromatic rings. The second-order valence-corrected chi connectivity index (χ2v) is 14.9. The van der Waals surface area contributed by atoms with E-state index in [1.807, 2.05) is 0 Å². The second-order valence-electron chi connectivity index (χ2n) is 14.9. The van der Waals surface area contributed by atoms with Crippen LogP contribution in [0.2, 0.25) is 0 Å². The van der Waals surface area contributed by atoms with Crippen molar-refractivity contribution < 1.29 is 14.2 Å². The van der Waals surface area contributed by atoms with Gasteiger partial charge in [-0.2, -0.15) is 0 Å². The Kier molecular flexibility index (Phi) is 14.2. The number of azide groups is 3. The van der Waals surface area contributed by atoms with Crippen molar-refractivity contribution in [3.05, 3.63) is 31.3 Å². The van der Waals surface area contributed by atoms with Gasteiger partial charge in [0.25, 0.3) is 0 Å². The highest BCUT2D eigenvalue weighted by Gasteiger charge is 2.66. The van der Waals surface area contributed by atoms with Gasteiger partial charge in [-0.05, 0) is 141 Å². The van der Waals surface area contributed by atoms with Crippen molar-refractivity contribution in [3.8, 4) is 0 Å². The lowest BCUT2D eigenvalue weighted by Crippen LogP contribution is -2.63. The van der Waals surface area contributed by atoms with Gasteiger partial charge in [-0.25, -0.2) is 0 Å². The van der Waals surface area contributed by atoms with Gasteiger partial charge in [-0.15, -0.1) is 0 Å². The van der Waals surface area contributed by atoms with Crippen LogP contribution < -0.4 is 5.73 Å². The molecule has 13 nitrogen and oxygen atoms in total. The summed E-state index contributed by atoms with van der Waals surface area (Å²) < 4.78 is 20.1. The van der Waals surface area contributed by atoms with Gasteiger partial charge in [0.1, 0.15) is 0 Å². The fourth-order valence-corrected chi connectivity index (χ4v) is 10.5. The number of ether oxygens (including phenoxy) is 3. The van der Waals surface area contributed by atoms with Gasteiger partial charge in [0.2, 0.25) is 0 Å². The van der Waals surface area contributed by atoms with Crippen molar-refractivity contribution in [1.82, 2.24) is 0 Å². The second kappa shape index (κ2) is 17.8. The van der Waals surface area contributed by atoms with Crippen LogP contribution in [0.1, 0.15) is 97.8 Å². The van der Waals surface area contributed by atoms with Crippen LogP contribution in [0.3, 0.4) is 0 Å². The van der Waals surface area contributed by atoms with Crippen LogP contribution in [-0.4, -0.2) is 64.3 Å². The Morgan fingerprint density at radius 3 is 2.04 bits per heavy atom. The van der Waals surface area contributed by atoms with E-state index in [1.165, 1.54) is 12.8 Å². The van der Waals surface area contributed by atoms with Crippen LogP contribution in [0.4, 0.5) is 0 Å². The third kappa shape index (κ3) is 8.24. The first-order valence-corrected chi connectivity index (χ1v) is 17.9. The average Bonchev–Trinajstić information content (AvgIpc) is 3.41. The number of fused-ring (bicyclic) bond motifs is 5. The van der Waals surface area contributed by atoms with Crippen molar-refractivity contribution in [1.29, 1.82) is 0 Å². The summed E-state index contributed by atoms with van der Waals surface area (Å²) in [5, 5.41) is 11.2. The minimum atomic E-state index is 0.0375. The zero-order chi connectivity index (χ0) is 33.0. The van der Waals surface area contributed by atoms with Crippen molar-refractivity contribution >= 4 is 0 Å². The maximum absolute atomic E-state index is 8.79. The molecule has 0 heterocycles. The Balaban J connectivity index is 1.61. The Morgan fingerprint density at radius 2 is 1.41 bits per heavy atom. The molecule has 2 N–H and O–H groups in total. The molecule has 11 atom stereocenters. The van der Waals surface area contributed by atoms with Crippen LogP contribution in [-0.2, 0) is 14.2 Å². The molecule has 0 radical (unpaired) electrons. The maximum Gasteiger partial charge on any atom is 0.0637 e. The van der Waals surface area contributed by atoms with Crippen LogP contribution in [0.15, 0.2) is 15.3 Å². The monoisotopic (exact) mass is 642 g/mol. The predicted octanol–water partition coefficient (Wildman–Crippen LogP) is 8.50. The van der Waals surface area contributed by atoms with E-state index in [0.717, 1.165) is 70.8 Å². The zero-order valence-corrected chi connectivity index (χ0v) is 28.5. The van der Waals surface area contributed by atoms with E-state index in [1.54, 1.807) is 0 Å². The quantitative estimate of drug-likeness (QED) is 0.0637. The van der Waals surface area contributed by atoms with Gasteiger partial charge < -0.3 is 19.9 Å². The standard InChI is InChI=1S/C33H58N10O3/c1-23(8-4-13-34)26-9-10-27-31-28(22-30(33(26,27)3)46-19-7-16-40-43-37)32(2)12-11-25(44-17-5-14-38-41-35)20-24(32)21-29(31)45-18-6-15-39-42-36/h23-31H,4-22,34H2,1-3H3/t23-,24+,25-,26-,27+,28+,29-,30+,31+,32+,33-/m1/s1. The molecule has 0 aliphatic heterocycles. The van der Waals surface area contributed by atoms with Gasteiger partial charge in [-0.3, -0.25) is 0 Å². The number of nitrogens with zero attached hydrogens (tertiary/aromatic N) is 9. The largest absolute Gasteiger partial charge is 0.378 e. The number of hydrogen-bond donors (Lipinski definition) is 1. The molecule has 0 aromatic heterocycles. The van der Waals surface area contributed by atoms with Crippen LogP contribution in [0.5, 0.6) is 0 Å². The van der Waals surface area contributed by atoms with E-state index in [4.69, 9.17) is 36.5 Å². The van der Waals surface area contributed by atoms with Crippen LogP contribution in [0, 0.1) is 46.3 Å². The molecular weight excluding hydrogens is 584 g/mol. The smallest absolute Gasteiger partial charge is 0.0637 e. The van der Waals surface area contributed by atoms with Gasteiger partial charge >= 0.3 is 0 Å². The maximum atomic E-state index is 8.79. The van der Waals surface area contributed by atoms with E-state index in [-0.39, 0.29) is 29.1 Å². The third-order valence-corrected chi connectivity index (χ3v) is 12.7. The lowest BCUT2D eigenvalue weighted by Gasteiger charge is -2.65. The highest BCUT2D eigenvalue weighted by molar-refractivity contribution is 5.15.